The van der Waals surface area contributed by atoms with Gasteiger partial charge in [-0.25, -0.2) is 4.68 Å². The van der Waals surface area contributed by atoms with Gasteiger partial charge in [-0.2, -0.15) is 0 Å². The average molecular weight is 367 g/mol. The third kappa shape index (κ3) is 3.44. The lowest BCUT2D eigenvalue weighted by atomic mass is 10.2. The summed E-state index contributed by atoms with van der Waals surface area (Å²) in [5.41, 5.74) is 4.21. The Morgan fingerprint density at radius 2 is 2.00 bits per heavy atom. The van der Waals surface area contributed by atoms with Gasteiger partial charge in [0, 0.05) is 23.0 Å². The quantitative estimate of drug-likeness (QED) is 0.473. The van der Waals surface area contributed by atoms with E-state index < -0.39 is 0 Å². The molecule has 3 aromatic rings. The third-order valence-electron chi connectivity index (χ3n) is 4.70. The van der Waals surface area contributed by atoms with Crippen LogP contribution in [0.15, 0.2) is 41.6 Å². The van der Waals surface area contributed by atoms with Crippen LogP contribution >= 0.6 is 11.8 Å². The second-order valence-electron chi connectivity index (χ2n) is 6.70. The smallest absolute Gasteiger partial charge is 0.210 e. The van der Waals surface area contributed by atoms with E-state index in [1.165, 1.54) is 30.3 Å². The first-order valence-corrected chi connectivity index (χ1v) is 9.76. The number of rotatable bonds is 7. The molecule has 0 saturated heterocycles. The molecule has 4 rings (SSSR count). The lowest BCUT2D eigenvalue weighted by Crippen LogP contribution is -2.08. The van der Waals surface area contributed by atoms with Crippen molar-refractivity contribution >= 4 is 17.5 Å². The summed E-state index contributed by atoms with van der Waals surface area (Å²) in [5, 5.41) is 12.5. The predicted octanol–water partition coefficient (Wildman–Crippen LogP) is 3.45. The van der Waals surface area contributed by atoms with Gasteiger partial charge in [-0.1, -0.05) is 42.1 Å². The van der Waals surface area contributed by atoms with Crippen molar-refractivity contribution in [2.45, 2.75) is 44.4 Å². The molecule has 1 fully saturated rings. The number of nitrogens with zero attached hydrogens (tertiary/aromatic N) is 5. The molecule has 1 aliphatic carbocycles. The summed E-state index contributed by atoms with van der Waals surface area (Å²) in [6, 6.07) is 12.6. The van der Waals surface area contributed by atoms with Crippen molar-refractivity contribution in [3.8, 4) is 0 Å². The van der Waals surface area contributed by atoms with E-state index in [0.717, 1.165) is 16.8 Å². The number of Topliss-reactive ketones (excluding diaryl/α,β-unsaturated/α-hetero) is 1. The molecule has 0 N–H and O–H groups in total. The van der Waals surface area contributed by atoms with Crippen molar-refractivity contribution < 1.29 is 4.79 Å². The Labute approximate surface area is 156 Å². The number of benzene rings is 1. The minimum atomic E-state index is 0.129. The van der Waals surface area contributed by atoms with Crippen LogP contribution in [-0.2, 0) is 6.54 Å². The highest BCUT2D eigenvalue weighted by Gasteiger charge is 2.28. The zero-order valence-electron chi connectivity index (χ0n) is 14.9. The van der Waals surface area contributed by atoms with Crippen molar-refractivity contribution in [2.75, 3.05) is 5.75 Å². The van der Waals surface area contributed by atoms with Gasteiger partial charge in [-0.05, 0) is 48.7 Å². The van der Waals surface area contributed by atoms with Gasteiger partial charge in [0.05, 0.1) is 12.3 Å². The molecule has 2 aromatic heterocycles. The minimum absolute atomic E-state index is 0.129. The molecule has 0 atom stereocenters. The van der Waals surface area contributed by atoms with Crippen LogP contribution in [-0.4, -0.2) is 36.3 Å². The third-order valence-corrected chi connectivity index (χ3v) is 5.66. The molecule has 134 valence electrons. The number of aryl methyl sites for hydroxylation is 1. The number of aromatic nitrogens is 5. The van der Waals surface area contributed by atoms with Crippen molar-refractivity contribution in [1.82, 2.24) is 24.8 Å². The second-order valence-corrected chi connectivity index (χ2v) is 7.65. The summed E-state index contributed by atoms with van der Waals surface area (Å²) in [6.45, 7) is 4.72. The fourth-order valence-electron chi connectivity index (χ4n) is 3.32. The molecular weight excluding hydrogens is 346 g/mol. The molecule has 1 aliphatic rings. The van der Waals surface area contributed by atoms with E-state index >= 15 is 0 Å². The monoisotopic (exact) mass is 367 g/mol. The van der Waals surface area contributed by atoms with Crippen molar-refractivity contribution in [2.24, 2.45) is 0 Å². The lowest BCUT2D eigenvalue weighted by Gasteiger charge is -2.07. The van der Waals surface area contributed by atoms with Crippen LogP contribution < -0.4 is 0 Å². The molecule has 1 aromatic carbocycles. The highest BCUT2D eigenvalue weighted by molar-refractivity contribution is 7.99. The first kappa shape index (κ1) is 17.0. The summed E-state index contributed by atoms with van der Waals surface area (Å²) in [7, 11) is 0. The Kier molecular flexibility index (Phi) is 4.63. The Morgan fingerprint density at radius 3 is 2.73 bits per heavy atom. The van der Waals surface area contributed by atoms with Gasteiger partial charge >= 0.3 is 0 Å². The van der Waals surface area contributed by atoms with Crippen LogP contribution in [0.4, 0.5) is 0 Å². The van der Waals surface area contributed by atoms with Gasteiger partial charge in [-0.3, -0.25) is 4.79 Å². The number of carbonyl (C=O) groups is 1. The van der Waals surface area contributed by atoms with Crippen LogP contribution in [0, 0.1) is 13.8 Å². The number of ketones is 1. The molecule has 0 bridgehead atoms. The van der Waals surface area contributed by atoms with Crippen LogP contribution in [0.2, 0.25) is 0 Å². The normalized spacial score (nSPS) is 13.9. The fourth-order valence-corrected chi connectivity index (χ4v) is 4.08. The zero-order valence-corrected chi connectivity index (χ0v) is 15.7. The van der Waals surface area contributed by atoms with Gasteiger partial charge in [-0.15, -0.1) is 5.10 Å². The highest BCUT2D eigenvalue weighted by atomic mass is 32.2. The van der Waals surface area contributed by atoms with E-state index in [-0.39, 0.29) is 5.78 Å². The maximum atomic E-state index is 12.7. The summed E-state index contributed by atoms with van der Waals surface area (Å²) in [6.07, 6.45) is 2.43. The Hall–Kier alpha value is -2.41. The molecule has 0 unspecified atom stereocenters. The van der Waals surface area contributed by atoms with Gasteiger partial charge < -0.3 is 4.57 Å². The van der Waals surface area contributed by atoms with Gasteiger partial charge in [0.15, 0.2) is 5.78 Å². The average Bonchev–Trinajstić information content (AvgIpc) is 3.30. The Balaban J connectivity index is 1.44. The molecule has 0 aliphatic heterocycles. The fraction of sp³-hybridized carbons (Fsp3) is 0.368. The van der Waals surface area contributed by atoms with Crippen LogP contribution in [0.3, 0.4) is 0 Å². The van der Waals surface area contributed by atoms with Gasteiger partial charge in [0.25, 0.3) is 0 Å². The van der Waals surface area contributed by atoms with E-state index in [4.69, 9.17) is 0 Å². The largest absolute Gasteiger partial charge is 0.345 e. The second kappa shape index (κ2) is 7.07. The van der Waals surface area contributed by atoms with E-state index in [2.05, 4.69) is 27.0 Å². The molecule has 0 spiro atoms. The van der Waals surface area contributed by atoms with E-state index in [9.17, 15) is 4.79 Å². The van der Waals surface area contributed by atoms with Crippen LogP contribution in [0.25, 0.3) is 0 Å². The SMILES string of the molecule is Cc1cc(C(=O)CSc2nnnn2Cc2ccccc2)c(C)n1C1CC1. The molecule has 26 heavy (non-hydrogen) atoms. The highest BCUT2D eigenvalue weighted by Crippen LogP contribution is 2.38. The summed E-state index contributed by atoms with van der Waals surface area (Å²) in [4.78, 5) is 12.7. The topological polar surface area (TPSA) is 65.6 Å². The number of hydrogen-bond donors (Lipinski definition) is 0. The first-order valence-electron chi connectivity index (χ1n) is 8.78. The number of carbonyl (C=O) groups excluding carboxylic acids is 1. The van der Waals surface area contributed by atoms with E-state index in [1.807, 2.05) is 43.3 Å². The Morgan fingerprint density at radius 1 is 1.23 bits per heavy atom. The molecule has 0 amide bonds. The summed E-state index contributed by atoms with van der Waals surface area (Å²) >= 11 is 1.39. The summed E-state index contributed by atoms with van der Waals surface area (Å²) < 4.78 is 4.04. The Bertz CT molecular complexity index is 927. The predicted molar refractivity (Wildman–Crippen MR) is 101 cm³/mol. The number of tetrazole rings is 1. The maximum Gasteiger partial charge on any atom is 0.210 e. The summed E-state index contributed by atoms with van der Waals surface area (Å²) in [5.74, 6) is 0.466. The van der Waals surface area contributed by atoms with Crippen molar-refractivity contribution in [3.63, 3.8) is 0 Å². The lowest BCUT2D eigenvalue weighted by molar-refractivity contribution is 0.102. The van der Waals surface area contributed by atoms with Crippen molar-refractivity contribution in [1.29, 1.82) is 0 Å². The molecule has 1 saturated carbocycles. The molecule has 2 heterocycles. The number of hydrogen-bond acceptors (Lipinski definition) is 5. The minimum Gasteiger partial charge on any atom is -0.345 e. The number of thioether (sulfide) groups is 1. The van der Waals surface area contributed by atoms with Crippen LogP contribution in [0.1, 0.15) is 46.2 Å². The first-order chi connectivity index (χ1) is 12.6. The molecule has 0 radical (unpaired) electrons. The van der Waals surface area contributed by atoms with E-state index in [1.54, 1.807) is 4.68 Å². The zero-order chi connectivity index (χ0) is 18.1. The van der Waals surface area contributed by atoms with Gasteiger partial charge in [0.1, 0.15) is 0 Å². The van der Waals surface area contributed by atoms with Crippen LogP contribution in [0.5, 0.6) is 0 Å². The molecular formula is C19H21N5OS. The molecule has 6 nitrogen and oxygen atoms in total. The van der Waals surface area contributed by atoms with E-state index in [0.29, 0.717) is 23.5 Å². The standard InChI is InChI=1S/C19H21N5OS/c1-13-10-17(14(2)24(13)16-8-9-16)18(25)12-26-19-20-21-22-23(19)11-15-6-4-3-5-7-15/h3-7,10,16H,8-9,11-12H2,1-2H3. The molecule has 7 heteroatoms. The van der Waals surface area contributed by atoms with Gasteiger partial charge in [0.2, 0.25) is 5.16 Å². The van der Waals surface area contributed by atoms with Crippen molar-refractivity contribution in [3.05, 3.63) is 58.9 Å². The maximum absolute atomic E-state index is 12.7.